The molecule has 2 N–H and O–H groups in total. The molecule has 0 saturated heterocycles. The zero-order chi connectivity index (χ0) is 12.3. The third-order valence-corrected chi connectivity index (χ3v) is 1.79. The summed E-state index contributed by atoms with van der Waals surface area (Å²) in [5, 5.41) is 18.9. The van der Waals surface area contributed by atoms with Gasteiger partial charge in [0.05, 0.1) is 23.1 Å². The Morgan fingerprint density at radius 1 is 1.69 bits per heavy atom. The maximum atomic E-state index is 12.4. The Morgan fingerprint density at radius 3 is 2.75 bits per heavy atom. The van der Waals surface area contributed by atoms with Gasteiger partial charge in [0.2, 0.25) is 0 Å². The van der Waals surface area contributed by atoms with Crippen molar-refractivity contribution in [2.75, 3.05) is 5.73 Å². The molecule has 0 aliphatic heterocycles. The van der Waals surface area contributed by atoms with Crippen molar-refractivity contribution in [3.8, 4) is 6.07 Å². The van der Waals surface area contributed by atoms with E-state index >= 15 is 0 Å². The van der Waals surface area contributed by atoms with E-state index in [1.165, 1.54) is 0 Å². The number of aromatic nitrogens is 1. The number of nitro groups is 1. The van der Waals surface area contributed by atoms with E-state index in [4.69, 9.17) is 11.0 Å². The van der Waals surface area contributed by atoms with Crippen molar-refractivity contribution >= 4 is 11.4 Å². The molecule has 1 rings (SSSR count). The maximum absolute atomic E-state index is 12.4. The molecular weight excluding hydrogens is 222 g/mol. The van der Waals surface area contributed by atoms with Crippen molar-refractivity contribution in [1.82, 2.24) is 4.98 Å². The average Bonchev–Trinajstić information content (AvgIpc) is 2.19. The Kier molecular flexibility index (Phi) is 3.30. The third kappa shape index (κ3) is 2.20. The highest BCUT2D eigenvalue weighted by molar-refractivity contribution is 5.54. The second kappa shape index (κ2) is 4.48. The zero-order valence-electron chi connectivity index (χ0n) is 7.85. The zero-order valence-corrected chi connectivity index (χ0v) is 7.85. The number of nitrogens with two attached hydrogens (primary N) is 1. The van der Waals surface area contributed by atoms with Crippen LogP contribution in [0.1, 0.15) is 17.8 Å². The number of alkyl halides is 2. The van der Waals surface area contributed by atoms with Crippen LogP contribution in [0.4, 0.5) is 20.2 Å². The molecule has 0 radical (unpaired) electrons. The highest BCUT2D eigenvalue weighted by Crippen LogP contribution is 2.28. The van der Waals surface area contributed by atoms with Crippen LogP contribution in [-0.2, 0) is 6.42 Å². The molecule has 1 aromatic heterocycles. The van der Waals surface area contributed by atoms with Gasteiger partial charge in [0.15, 0.2) is 0 Å². The molecule has 0 amide bonds. The van der Waals surface area contributed by atoms with Gasteiger partial charge >= 0.3 is 0 Å². The number of nitriles is 1. The molecule has 0 aliphatic carbocycles. The van der Waals surface area contributed by atoms with Gasteiger partial charge in [0.25, 0.3) is 12.1 Å². The summed E-state index contributed by atoms with van der Waals surface area (Å²) in [7, 11) is 0. The monoisotopic (exact) mass is 228 g/mol. The van der Waals surface area contributed by atoms with Crippen molar-refractivity contribution < 1.29 is 13.7 Å². The molecule has 16 heavy (non-hydrogen) atoms. The second-order valence-corrected chi connectivity index (χ2v) is 2.82. The highest BCUT2D eigenvalue weighted by atomic mass is 19.3. The minimum atomic E-state index is -2.93. The summed E-state index contributed by atoms with van der Waals surface area (Å²) in [5.74, 6) is 0. The van der Waals surface area contributed by atoms with Crippen LogP contribution in [0.25, 0.3) is 0 Å². The Morgan fingerprint density at radius 2 is 2.31 bits per heavy atom. The van der Waals surface area contributed by atoms with Crippen molar-refractivity contribution in [3.63, 3.8) is 0 Å². The fourth-order valence-electron chi connectivity index (χ4n) is 1.11. The molecule has 0 fully saturated rings. The highest BCUT2D eigenvalue weighted by Gasteiger charge is 2.22. The number of hydrogen-bond acceptors (Lipinski definition) is 5. The lowest BCUT2D eigenvalue weighted by Crippen LogP contribution is -2.05. The number of anilines is 1. The van der Waals surface area contributed by atoms with Gasteiger partial charge in [-0.1, -0.05) is 0 Å². The molecule has 6 nitrogen and oxygen atoms in total. The quantitative estimate of drug-likeness (QED) is 0.624. The molecule has 1 heterocycles. The number of hydrogen-bond donors (Lipinski definition) is 1. The fraction of sp³-hybridized carbons (Fsp3) is 0.250. The van der Waals surface area contributed by atoms with Crippen molar-refractivity contribution in [2.24, 2.45) is 0 Å². The predicted molar refractivity (Wildman–Crippen MR) is 49.6 cm³/mol. The van der Waals surface area contributed by atoms with Gasteiger partial charge in [0, 0.05) is 6.07 Å². The first-order valence-corrected chi connectivity index (χ1v) is 4.06. The van der Waals surface area contributed by atoms with E-state index in [0.29, 0.717) is 0 Å². The number of rotatable bonds is 3. The summed E-state index contributed by atoms with van der Waals surface area (Å²) in [6.45, 7) is 0. The molecule has 1 aromatic rings. The standard InChI is InChI=1S/C8H6F2N4O2/c9-8(10)7-4(12)3-6(14(15)16)5(13-7)1-2-11/h3,8H,1,12H2. The number of nitrogen functional groups attached to an aromatic ring is 1. The molecule has 8 heteroatoms. The summed E-state index contributed by atoms with van der Waals surface area (Å²) < 4.78 is 24.8. The van der Waals surface area contributed by atoms with Crippen LogP contribution in [0.5, 0.6) is 0 Å². The lowest BCUT2D eigenvalue weighted by atomic mass is 10.2. The van der Waals surface area contributed by atoms with E-state index in [1.807, 2.05) is 0 Å². The van der Waals surface area contributed by atoms with E-state index in [1.54, 1.807) is 6.07 Å². The minimum Gasteiger partial charge on any atom is -0.397 e. The van der Waals surface area contributed by atoms with E-state index in [2.05, 4.69) is 4.98 Å². The first kappa shape index (κ1) is 11.8. The van der Waals surface area contributed by atoms with Crippen LogP contribution in [0.2, 0.25) is 0 Å². The second-order valence-electron chi connectivity index (χ2n) is 2.82. The minimum absolute atomic E-state index is 0.308. The number of pyridine rings is 1. The number of nitrogens with zero attached hydrogens (tertiary/aromatic N) is 3. The van der Waals surface area contributed by atoms with Crippen molar-refractivity contribution in [1.29, 1.82) is 5.26 Å². The molecular formula is C8H6F2N4O2. The summed E-state index contributed by atoms with van der Waals surface area (Å²) in [6, 6.07) is 2.41. The van der Waals surface area contributed by atoms with Crippen LogP contribution < -0.4 is 5.73 Å². The topological polar surface area (TPSA) is 106 Å². The van der Waals surface area contributed by atoms with Gasteiger partial charge in [-0.05, 0) is 0 Å². The summed E-state index contributed by atoms with van der Waals surface area (Å²) >= 11 is 0. The lowest BCUT2D eigenvalue weighted by molar-refractivity contribution is -0.385. The van der Waals surface area contributed by atoms with Crippen LogP contribution in [0.3, 0.4) is 0 Å². The molecule has 0 aromatic carbocycles. The van der Waals surface area contributed by atoms with Gasteiger partial charge in [-0.3, -0.25) is 10.1 Å². The Bertz CT molecular complexity index is 470. The normalized spacial score (nSPS) is 10.1. The molecule has 0 spiro atoms. The fourth-order valence-corrected chi connectivity index (χ4v) is 1.11. The lowest BCUT2D eigenvalue weighted by Gasteiger charge is -2.05. The molecule has 0 unspecified atom stereocenters. The Hall–Kier alpha value is -2.30. The van der Waals surface area contributed by atoms with E-state index in [9.17, 15) is 18.9 Å². The van der Waals surface area contributed by atoms with Gasteiger partial charge in [-0.2, -0.15) is 5.26 Å². The third-order valence-electron chi connectivity index (χ3n) is 1.79. The summed E-state index contributed by atoms with van der Waals surface area (Å²) in [6.07, 6.45) is -3.35. The van der Waals surface area contributed by atoms with E-state index in [-0.39, 0.29) is 5.69 Å². The molecule has 84 valence electrons. The van der Waals surface area contributed by atoms with Crippen LogP contribution in [-0.4, -0.2) is 9.91 Å². The molecule has 0 atom stereocenters. The van der Waals surface area contributed by atoms with Gasteiger partial charge in [-0.15, -0.1) is 0 Å². The van der Waals surface area contributed by atoms with E-state index in [0.717, 1.165) is 6.07 Å². The molecule has 0 saturated carbocycles. The van der Waals surface area contributed by atoms with Gasteiger partial charge < -0.3 is 5.73 Å². The van der Waals surface area contributed by atoms with Crippen LogP contribution >= 0.6 is 0 Å². The number of halogens is 2. The Balaban J connectivity index is 3.38. The Labute approximate surface area is 88.5 Å². The van der Waals surface area contributed by atoms with Gasteiger partial charge in [0.1, 0.15) is 11.4 Å². The first-order chi connectivity index (χ1) is 7.47. The SMILES string of the molecule is N#CCc1nc(C(F)F)c(N)cc1[N+](=O)[O-]. The summed E-state index contributed by atoms with van der Waals surface area (Å²) in [5.41, 5.74) is 3.17. The molecule has 0 bridgehead atoms. The summed E-state index contributed by atoms with van der Waals surface area (Å²) in [4.78, 5) is 13.1. The largest absolute Gasteiger partial charge is 0.397 e. The smallest absolute Gasteiger partial charge is 0.293 e. The van der Waals surface area contributed by atoms with E-state index < -0.39 is 34.8 Å². The van der Waals surface area contributed by atoms with Crippen molar-refractivity contribution in [2.45, 2.75) is 12.8 Å². The van der Waals surface area contributed by atoms with Crippen molar-refractivity contribution in [3.05, 3.63) is 27.6 Å². The van der Waals surface area contributed by atoms with Crippen LogP contribution in [0, 0.1) is 21.4 Å². The predicted octanol–water partition coefficient (Wildman–Crippen LogP) is 1.58. The average molecular weight is 228 g/mol. The van der Waals surface area contributed by atoms with Gasteiger partial charge in [-0.25, -0.2) is 13.8 Å². The maximum Gasteiger partial charge on any atom is 0.293 e. The first-order valence-electron chi connectivity index (χ1n) is 4.06. The molecule has 0 aliphatic rings. The van der Waals surface area contributed by atoms with Crippen LogP contribution in [0.15, 0.2) is 6.07 Å².